The van der Waals surface area contributed by atoms with Crippen molar-refractivity contribution in [2.75, 3.05) is 26.2 Å². The molecule has 0 spiro atoms. The highest BCUT2D eigenvalue weighted by Crippen LogP contribution is 2.31. The number of rotatable bonds is 5. The average molecular weight is 446 g/mol. The second kappa shape index (κ2) is 9.55. The molecule has 1 aliphatic rings. The van der Waals surface area contributed by atoms with Crippen molar-refractivity contribution in [1.82, 2.24) is 10.6 Å². The first-order chi connectivity index (χ1) is 9.66. The Morgan fingerprint density at radius 2 is 2.24 bits per heavy atom. The molecular formula is C13H18Cl2IN3O2. The molecule has 8 heteroatoms. The van der Waals surface area contributed by atoms with Gasteiger partial charge < -0.3 is 20.5 Å². The summed E-state index contributed by atoms with van der Waals surface area (Å²) in [4.78, 5) is 4.25. The van der Waals surface area contributed by atoms with E-state index in [0.717, 1.165) is 25.5 Å². The molecule has 0 bridgehead atoms. The molecule has 1 heterocycles. The third kappa shape index (κ3) is 6.06. The molecule has 1 aromatic rings. The van der Waals surface area contributed by atoms with Crippen LogP contribution in [0.3, 0.4) is 0 Å². The lowest BCUT2D eigenvalue weighted by molar-refractivity contribution is 0.110. The van der Waals surface area contributed by atoms with Crippen LogP contribution in [0, 0.1) is 0 Å². The summed E-state index contributed by atoms with van der Waals surface area (Å²) in [5.41, 5.74) is 0. The maximum atomic E-state index is 9.85. The van der Waals surface area contributed by atoms with Gasteiger partial charge in [0, 0.05) is 19.6 Å². The van der Waals surface area contributed by atoms with Crippen molar-refractivity contribution in [3.05, 3.63) is 28.2 Å². The van der Waals surface area contributed by atoms with Crippen LogP contribution in [-0.2, 0) is 0 Å². The summed E-state index contributed by atoms with van der Waals surface area (Å²) < 4.78 is 5.45. The molecule has 5 nitrogen and oxygen atoms in total. The van der Waals surface area contributed by atoms with E-state index >= 15 is 0 Å². The van der Waals surface area contributed by atoms with Crippen LogP contribution in [0.4, 0.5) is 0 Å². The number of guanidine groups is 1. The highest BCUT2D eigenvalue weighted by atomic mass is 127. The Morgan fingerprint density at radius 3 is 2.95 bits per heavy atom. The number of nitrogens with one attached hydrogen (secondary N) is 2. The minimum atomic E-state index is -0.670. The zero-order valence-corrected chi connectivity index (χ0v) is 15.2. The topological polar surface area (TPSA) is 65.9 Å². The van der Waals surface area contributed by atoms with Crippen molar-refractivity contribution in [3.8, 4) is 5.75 Å². The predicted octanol–water partition coefficient (Wildman–Crippen LogP) is 2.29. The number of benzene rings is 1. The SMILES string of the molecule is I.OC(CNC1=NCCCN1)COc1cccc(Cl)c1Cl. The van der Waals surface area contributed by atoms with Crippen LogP contribution >= 0.6 is 47.2 Å². The molecule has 0 aromatic heterocycles. The van der Waals surface area contributed by atoms with Gasteiger partial charge in [-0.1, -0.05) is 29.3 Å². The Kier molecular flexibility index (Phi) is 8.46. The second-order valence-electron chi connectivity index (χ2n) is 4.41. The van der Waals surface area contributed by atoms with Gasteiger partial charge >= 0.3 is 0 Å². The number of halogens is 3. The highest BCUT2D eigenvalue weighted by Gasteiger charge is 2.11. The maximum absolute atomic E-state index is 9.85. The molecule has 118 valence electrons. The molecular weight excluding hydrogens is 428 g/mol. The number of ether oxygens (including phenoxy) is 1. The Labute approximate surface area is 151 Å². The Morgan fingerprint density at radius 1 is 1.43 bits per heavy atom. The van der Waals surface area contributed by atoms with Gasteiger partial charge in [0.05, 0.1) is 5.02 Å². The molecule has 2 rings (SSSR count). The monoisotopic (exact) mass is 445 g/mol. The van der Waals surface area contributed by atoms with Gasteiger partial charge in [-0.2, -0.15) is 0 Å². The molecule has 1 unspecified atom stereocenters. The minimum Gasteiger partial charge on any atom is -0.489 e. The lowest BCUT2D eigenvalue weighted by Crippen LogP contribution is -2.44. The van der Waals surface area contributed by atoms with Gasteiger partial charge in [0.1, 0.15) is 23.5 Å². The summed E-state index contributed by atoms with van der Waals surface area (Å²) >= 11 is 11.9. The summed E-state index contributed by atoms with van der Waals surface area (Å²) in [5.74, 6) is 1.18. The molecule has 1 aromatic carbocycles. The van der Waals surface area contributed by atoms with Gasteiger partial charge in [0.15, 0.2) is 5.96 Å². The third-order valence-electron chi connectivity index (χ3n) is 2.75. The quantitative estimate of drug-likeness (QED) is 0.608. The van der Waals surface area contributed by atoms with Crippen molar-refractivity contribution in [3.63, 3.8) is 0 Å². The fourth-order valence-corrected chi connectivity index (χ4v) is 2.05. The van der Waals surface area contributed by atoms with Gasteiger partial charge in [-0.25, -0.2) is 0 Å². The fraction of sp³-hybridized carbons (Fsp3) is 0.462. The van der Waals surface area contributed by atoms with Crippen LogP contribution in [0.5, 0.6) is 5.75 Å². The van der Waals surface area contributed by atoms with Crippen LogP contribution in [0.1, 0.15) is 6.42 Å². The van der Waals surface area contributed by atoms with E-state index in [-0.39, 0.29) is 30.6 Å². The number of aliphatic hydroxyl groups is 1. The number of aliphatic hydroxyl groups excluding tert-OH is 1. The van der Waals surface area contributed by atoms with Gasteiger partial charge in [-0.15, -0.1) is 24.0 Å². The molecule has 0 amide bonds. The molecule has 1 atom stereocenters. The number of aliphatic imine (C=N–C) groups is 1. The molecule has 0 saturated heterocycles. The van der Waals surface area contributed by atoms with Crippen LogP contribution in [0.25, 0.3) is 0 Å². The van der Waals surface area contributed by atoms with E-state index in [9.17, 15) is 5.11 Å². The Bertz CT molecular complexity index is 488. The Hall–Kier alpha value is -0.440. The largest absolute Gasteiger partial charge is 0.489 e. The van der Waals surface area contributed by atoms with Crippen LogP contribution < -0.4 is 15.4 Å². The smallest absolute Gasteiger partial charge is 0.191 e. The van der Waals surface area contributed by atoms with Gasteiger partial charge in [-0.3, -0.25) is 4.99 Å². The standard InChI is InChI=1S/C13H17Cl2N3O2.HI/c14-10-3-1-4-11(12(10)15)20-8-9(19)7-18-13-16-5-2-6-17-13;/h1,3-4,9,19H,2,5-8H2,(H2,16,17,18);1H. The lowest BCUT2D eigenvalue weighted by atomic mass is 10.3. The third-order valence-corrected chi connectivity index (χ3v) is 3.55. The van der Waals surface area contributed by atoms with Gasteiger partial charge in [0.2, 0.25) is 0 Å². The van der Waals surface area contributed by atoms with Crippen molar-refractivity contribution in [1.29, 1.82) is 0 Å². The normalized spacial score (nSPS) is 15.3. The van der Waals surface area contributed by atoms with Gasteiger partial charge in [0.25, 0.3) is 0 Å². The first-order valence-electron chi connectivity index (χ1n) is 6.44. The zero-order chi connectivity index (χ0) is 14.4. The van der Waals surface area contributed by atoms with E-state index in [1.165, 1.54) is 0 Å². The molecule has 0 fully saturated rings. The minimum absolute atomic E-state index is 0. The fourth-order valence-electron chi connectivity index (χ4n) is 1.71. The molecule has 1 aliphatic heterocycles. The summed E-state index contributed by atoms with van der Waals surface area (Å²) in [7, 11) is 0. The molecule has 0 radical (unpaired) electrons. The highest BCUT2D eigenvalue weighted by molar-refractivity contribution is 14.0. The molecule has 0 aliphatic carbocycles. The van der Waals surface area contributed by atoms with E-state index < -0.39 is 6.10 Å². The average Bonchev–Trinajstić information content (AvgIpc) is 2.48. The van der Waals surface area contributed by atoms with Crippen molar-refractivity contribution >= 4 is 53.1 Å². The summed E-state index contributed by atoms with van der Waals surface area (Å²) in [5, 5.41) is 16.8. The number of nitrogens with zero attached hydrogens (tertiary/aromatic N) is 1. The number of hydrogen-bond donors (Lipinski definition) is 3. The van der Waals surface area contributed by atoms with E-state index in [1.54, 1.807) is 18.2 Å². The summed E-state index contributed by atoms with van der Waals surface area (Å²) in [6.07, 6.45) is 0.362. The first kappa shape index (κ1) is 18.6. The second-order valence-corrected chi connectivity index (χ2v) is 5.19. The van der Waals surface area contributed by atoms with E-state index in [4.69, 9.17) is 27.9 Å². The molecule has 21 heavy (non-hydrogen) atoms. The number of hydrogen-bond acceptors (Lipinski definition) is 5. The van der Waals surface area contributed by atoms with Crippen molar-refractivity contribution in [2.45, 2.75) is 12.5 Å². The van der Waals surface area contributed by atoms with Crippen LogP contribution in [0.2, 0.25) is 10.0 Å². The molecule has 0 saturated carbocycles. The summed E-state index contributed by atoms with van der Waals surface area (Å²) in [6.45, 7) is 2.18. The first-order valence-corrected chi connectivity index (χ1v) is 7.19. The van der Waals surface area contributed by atoms with Crippen LogP contribution in [-0.4, -0.2) is 43.4 Å². The van der Waals surface area contributed by atoms with E-state index in [2.05, 4.69) is 15.6 Å². The van der Waals surface area contributed by atoms with Gasteiger partial charge in [-0.05, 0) is 18.6 Å². The van der Waals surface area contributed by atoms with Crippen LogP contribution in [0.15, 0.2) is 23.2 Å². The zero-order valence-electron chi connectivity index (χ0n) is 11.3. The van der Waals surface area contributed by atoms with Crippen molar-refractivity contribution < 1.29 is 9.84 Å². The summed E-state index contributed by atoms with van der Waals surface area (Å²) in [6, 6.07) is 5.14. The predicted molar refractivity (Wildman–Crippen MR) is 96.3 cm³/mol. The molecule has 3 N–H and O–H groups in total. The lowest BCUT2D eigenvalue weighted by Gasteiger charge is -2.18. The van der Waals surface area contributed by atoms with E-state index in [0.29, 0.717) is 22.3 Å². The maximum Gasteiger partial charge on any atom is 0.191 e. The Balaban J connectivity index is 0.00000220. The van der Waals surface area contributed by atoms with E-state index in [1.807, 2.05) is 0 Å². The van der Waals surface area contributed by atoms with Crippen molar-refractivity contribution in [2.24, 2.45) is 4.99 Å².